The standard InChI is InChI=1S/C15H11BrN4S/c16-8-13-14(18-15-19(13)6-7-21-15)20-10-12(9-17-20)11-4-2-1-3-5-11/h1-7,9-10H,8H2. The lowest BCUT2D eigenvalue weighted by atomic mass is 10.1. The average molecular weight is 359 g/mol. The molecular formula is C15H11BrN4S. The van der Waals surface area contributed by atoms with Gasteiger partial charge in [0.05, 0.1) is 11.9 Å². The largest absolute Gasteiger partial charge is 0.292 e. The number of imidazole rings is 1. The molecule has 0 fully saturated rings. The Kier molecular flexibility index (Phi) is 3.12. The minimum absolute atomic E-state index is 0.737. The van der Waals surface area contributed by atoms with Gasteiger partial charge in [-0.2, -0.15) is 10.1 Å². The van der Waals surface area contributed by atoms with Gasteiger partial charge in [0.1, 0.15) is 0 Å². The first-order chi connectivity index (χ1) is 10.4. The van der Waals surface area contributed by atoms with Crippen molar-refractivity contribution in [1.29, 1.82) is 0 Å². The van der Waals surface area contributed by atoms with Crippen molar-refractivity contribution in [1.82, 2.24) is 19.2 Å². The molecule has 0 saturated carbocycles. The smallest absolute Gasteiger partial charge is 0.195 e. The third-order valence-corrected chi connectivity index (χ3v) is 4.66. The summed E-state index contributed by atoms with van der Waals surface area (Å²) >= 11 is 5.17. The molecule has 21 heavy (non-hydrogen) atoms. The van der Waals surface area contributed by atoms with Crippen LogP contribution in [0.25, 0.3) is 21.9 Å². The summed E-state index contributed by atoms with van der Waals surface area (Å²) in [6.45, 7) is 0. The number of alkyl halides is 1. The summed E-state index contributed by atoms with van der Waals surface area (Å²) in [6.07, 6.45) is 5.93. The lowest BCUT2D eigenvalue weighted by molar-refractivity contribution is 0.844. The molecule has 0 saturated heterocycles. The van der Waals surface area contributed by atoms with Gasteiger partial charge in [-0.1, -0.05) is 46.3 Å². The van der Waals surface area contributed by atoms with Gasteiger partial charge in [0.25, 0.3) is 0 Å². The lowest BCUT2D eigenvalue weighted by Gasteiger charge is -2.00. The van der Waals surface area contributed by atoms with E-state index in [9.17, 15) is 0 Å². The van der Waals surface area contributed by atoms with Gasteiger partial charge in [0.15, 0.2) is 10.8 Å². The van der Waals surface area contributed by atoms with Gasteiger partial charge in [-0.15, -0.1) is 11.3 Å². The van der Waals surface area contributed by atoms with Crippen molar-refractivity contribution in [2.45, 2.75) is 5.33 Å². The van der Waals surface area contributed by atoms with E-state index in [0.717, 1.165) is 32.9 Å². The van der Waals surface area contributed by atoms with E-state index in [0.29, 0.717) is 0 Å². The van der Waals surface area contributed by atoms with Gasteiger partial charge in [-0.05, 0) is 5.56 Å². The molecule has 0 N–H and O–H groups in total. The van der Waals surface area contributed by atoms with Crippen LogP contribution < -0.4 is 0 Å². The number of benzene rings is 1. The van der Waals surface area contributed by atoms with Crippen molar-refractivity contribution in [3.8, 4) is 16.9 Å². The second kappa shape index (κ2) is 5.13. The van der Waals surface area contributed by atoms with Crippen LogP contribution in [0, 0.1) is 0 Å². The average Bonchev–Trinajstić information content (AvgIpc) is 3.22. The molecule has 1 aromatic carbocycles. The summed E-state index contributed by atoms with van der Waals surface area (Å²) < 4.78 is 3.94. The van der Waals surface area contributed by atoms with Crippen LogP contribution in [0.2, 0.25) is 0 Å². The first-order valence-corrected chi connectivity index (χ1v) is 8.48. The third kappa shape index (κ3) is 2.11. The van der Waals surface area contributed by atoms with Crippen LogP contribution >= 0.6 is 27.3 Å². The van der Waals surface area contributed by atoms with E-state index < -0.39 is 0 Å². The van der Waals surface area contributed by atoms with Crippen LogP contribution in [0.5, 0.6) is 0 Å². The van der Waals surface area contributed by atoms with Crippen LogP contribution in [0.1, 0.15) is 5.69 Å². The number of fused-ring (bicyclic) bond motifs is 1. The normalized spacial score (nSPS) is 11.3. The molecule has 0 amide bonds. The summed E-state index contributed by atoms with van der Waals surface area (Å²) in [5, 5.41) is 7.25. The second-order valence-electron chi connectivity index (χ2n) is 4.61. The Hall–Kier alpha value is -1.92. The Labute approximate surface area is 133 Å². The van der Waals surface area contributed by atoms with Crippen LogP contribution in [0.3, 0.4) is 0 Å². The Morgan fingerprint density at radius 2 is 2.00 bits per heavy atom. The molecule has 4 rings (SSSR count). The summed E-state index contributed by atoms with van der Waals surface area (Å²) in [5.74, 6) is 0.876. The zero-order valence-electron chi connectivity index (χ0n) is 11.0. The van der Waals surface area contributed by atoms with Gasteiger partial charge >= 0.3 is 0 Å². The molecule has 0 unspecified atom stereocenters. The van der Waals surface area contributed by atoms with Crippen LogP contribution in [0.4, 0.5) is 0 Å². The lowest BCUT2D eigenvalue weighted by Crippen LogP contribution is -1.99. The van der Waals surface area contributed by atoms with Gasteiger partial charge in [0.2, 0.25) is 0 Å². The summed E-state index contributed by atoms with van der Waals surface area (Å²) in [7, 11) is 0. The Morgan fingerprint density at radius 3 is 2.81 bits per heavy atom. The Balaban J connectivity index is 1.82. The Morgan fingerprint density at radius 1 is 1.14 bits per heavy atom. The number of rotatable bonds is 3. The van der Waals surface area contributed by atoms with E-state index in [1.54, 1.807) is 11.3 Å². The monoisotopic (exact) mass is 358 g/mol. The highest BCUT2D eigenvalue weighted by atomic mass is 79.9. The molecule has 0 aliphatic rings. The molecule has 3 aromatic heterocycles. The number of hydrogen-bond donors (Lipinski definition) is 0. The fourth-order valence-electron chi connectivity index (χ4n) is 2.35. The van der Waals surface area contributed by atoms with Crippen molar-refractivity contribution in [3.05, 3.63) is 60.0 Å². The summed E-state index contributed by atoms with van der Waals surface area (Å²) in [6, 6.07) is 10.2. The summed E-state index contributed by atoms with van der Waals surface area (Å²) in [5.41, 5.74) is 3.35. The highest BCUT2D eigenvalue weighted by Crippen LogP contribution is 2.24. The molecule has 3 heterocycles. The molecule has 0 atom stereocenters. The van der Waals surface area contributed by atoms with E-state index in [1.165, 1.54) is 0 Å². The van der Waals surface area contributed by atoms with Gasteiger partial charge in [-0.25, -0.2) is 4.68 Å². The van der Waals surface area contributed by atoms with Crippen molar-refractivity contribution >= 4 is 32.2 Å². The van der Waals surface area contributed by atoms with Crippen molar-refractivity contribution in [3.63, 3.8) is 0 Å². The second-order valence-corrected chi connectivity index (χ2v) is 6.04. The van der Waals surface area contributed by atoms with Crippen LogP contribution in [0.15, 0.2) is 54.3 Å². The maximum Gasteiger partial charge on any atom is 0.195 e. The maximum atomic E-state index is 4.67. The number of halogens is 1. The fourth-order valence-corrected chi connectivity index (χ4v) is 3.60. The third-order valence-electron chi connectivity index (χ3n) is 3.37. The van der Waals surface area contributed by atoms with Gasteiger partial charge < -0.3 is 0 Å². The SMILES string of the molecule is BrCc1c(-n2cc(-c3ccccc3)cn2)nc2sccn12. The number of aromatic nitrogens is 4. The fraction of sp³-hybridized carbons (Fsp3) is 0.0667. The molecule has 0 aliphatic carbocycles. The van der Waals surface area contributed by atoms with Gasteiger partial charge in [0, 0.05) is 28.7 Å². The van der Waals surface area contributed by atoms with E-state index in [2.05, 4.69) is 42.5 Å². The minimum Gasteiger partial charge on any atom is -0.292 e. The van der Waals surface area contributed by atoms with Crippen molar-refractivity contribution in [2.24, 2.45) is 0 Å². The highest BCUT2D eigenvalue weighted by Gasteiger charge is 2.15. The van der Waals surface area contributed by atoms with E-state index in [4.69, 9.17) is 0 Å². The zero-order chi connectivity index (χ0) is 14.2. The van der Waals surface area contributed by atoms with Crippen molar-refractivity contribution < 1.29 is 0 Å². The number of nitrogens with zero attached hydrogens (tertiary/aromatic N) is 4. The molecule has 6 heteroatoms. The van der Waals surface area contributed by atoms with E-state index >= 15 is 0 Å². The highest BCUT2D eigenvalue weighted by molar-refractivity contribution is 9.08. The molecule has 4 aromatic rings. The molecule has 104 valence electrons. The minimum atomic E-state index is 0.737. The first kappa shape index (κ1) is 12.8. The van der Waals surface area contributed by atoms with E-state index in [1.807, 2.05) is 46.9 Å². The number of thiazole rings is 1. The topological polar surface area (TPSA) is 35.1 Å². The predicted molar refractivity (Wildman–Crippen MR) is 88.3 cm³/mol. The Bertz CT molecular complexity index is 891. The number of hydrogen-bond acceptors (Lipinski definition) is 3. The van der Waals surface area contributed by atoms with E-state index in [-0.39, 0.29) is 0 Å². The van der Waals surface area contributed by atoms with Crippen LogP contribution in [-0.2, 0) is 5.33 Å². The van der Waals surface area contributed by atoms with Crippen LogP contribution in [-0.4, -0.2) is 19.2 Å². The predicted octanol–water partition coefficient (Wildman–Crippen LogP) is 4.14. The molecular weight excluding hydrogens is 348 g/mol. The van der Waals surface area contributed by atoms with Gasteiger partial charge in [-0.3, -0.25) is 4.40 Å². The molecule has 0 spiro atoms. The molecule has 0 bridgehead atoms. The first-order valence-electron chi connectivity index (χ1n) is 6.47. The molecule has 4 nitrogen and oxygen atoms in total. The quantitative estimate of drug-likeness (QED) is 0.515. The van der Waals surface area contributed by atoms with Crippen molar-refractivity contribution in [2.75, 3.05) is 0 Å². The molecule has 0 aliphatic heterocycles. The summed E-state index contributed by atoms with van der Waals surface area (Å²) in [4.78, 5) is 5.66. The zero-order valence-corrected chi connectivity index (χ0v) is 13.4. The molecule has 0 radical (unpaired) electrons. The maximum absolute atomic E-state index is 4.67.